The summed E-state index contributed by atoms with van der Waals surface area (Å²) in [7, 11) is 1.83. The lowest BCUT2D eigenvalue weighted by Gasteiger charge is -2.15. The van der Waals surface area contributed by atoms with Crippen LogP contribution < -0.4 is 10.6 Å². The molecule has 1 aromatic carbocycles. The number of benzene rings is 1. The van der Waals surface area contributed by atoms with Crippen LogP contribution >= 0.6 is 11.8 Å². The van der Waals surface area contributed by atoms with Gasteiger partial charge in [0.1, 0.15) is 0 Å². The minimum atomic E-state index is 0.737. The molecule has 0 bridgehead atoms. The number of fused-ring (bicyclic) bond motifs is 1. The molecule has 2 N–H and O–H groups in total. The average molecular weight is 305 g/mol. The maximum Gasteiger partial charge on any atom is 0.191 e. The molecule has 2 aliphatic heterocycles. The number of nitrogens with one attached hydrogen (secondary N) is 2. The summed E-state index contributed by atoms with van der Waals surface area (Å²) in [6.07, 6.45) is 2.67. The highest BCUT2D eigenvalue weighted by Gasteiger charge is 2.15. The van der Waals surface area contributed by atoms with Gasteiger partial charge in [0.05, 0.1) is 13.2 Å². The highest BCUT2D eigenvalue weighted by Crippen LogP contribution is 2.25. The Hall–Kier alpha value is -1.20. The molecule has 1 atom stereocenters. The molecular formula is C16H23N3OS. The van der Waals surface area contributed by atoms with E-state index in [1.807, 2.05) is 7.05 Å². The molecular weight excluding hydrogens is 282 g/mol. The zero-order chi connectivity index (χ0) is 14.5. The molecule has 2 heterocycles. The Kier molecular flexibility index (Phi) is 5.04. The second kappa shape index (κ2) is 7.18. The first-order chi connectivity index (χ1) is 10.3. The number of hydrogen-bond donors (Lipinski definition) is 2. The molecule has 21 heavy (non-hydrogen) atoms. The molecule has 1 aromatic rings. The Balaban J connectivity index is 1.48. The van der Waals surface area contributed by atoms with E-state index in [1.165, 1.54) is 35.3 Å². The molecule has 0 saturated carbocycles. The summed E-state index contributed by atoms with van der Waals surface area (Å²) in [4.78, 5) is 4.30. The Morgan fingerprint density at radius 2 is 2.24 bits per heavy atom. The molecule has 4 nitrogen and oxygen atoms in total. The fraction of sp³-hybridized carbons (Fsp3) is 0.562. The largest absolute Gasteiger partial charge is 0.372 e. The summed E-state index contributed by atoms with van der Waals surface area (Å²) < 4.78 is 5.45. The summed E-state index contributed by atoms with van der Waals surface area (Å²) in [5.41, 5.74) is 3.91. The highest BCUT2D eigenvalue weighted by molar-refractivity contribution is 8.00. The second-order valence-corrected chi connectivity index (χ2v) is 6.95. The molecule has 114 valence electrons. The Morgan fingerprint density at radius 1 is 1.33 bits per heavy atom. The topological polar surface area (TPSA) is 45.7 Å². The number of rotatable bonds is 4. The van der Waals surface area contributed by atoms with Gasteiger partial charge in [-0.2, -0.15) is 11.8 Å². The van der Waals surface area contributed by atoms with Crippen LogP contribution in [0.2, 0.25) is 0 Å². The van der Waals surface area contributed by atoms with E-state index in [9.17, 15) is 0 Å². The van der Waals surface area contributed by atoms with E-state index in [2.05, 4.69) is 45.6 Å². The van der Waals surface area contributed by atoms with Crippen molar-refractivity contribution in [3.63, 3.8) is 0 Å². The SMILES string of the molecule is CN=C(NCc1ccc2c(c1)COC2)NCC1CCCS1. The predicted molar refractivity (Wildman–Crippen MR) is 88.6 cm³/mol. The maximum absolute atomic E-state index is 5.45. The zero-order valence-corrected chi connectivity index (χ0v) is 13.3. The summed E-state index contributed by atoms with van der Waals surface area (Å²) in [6.45, 7) is 3.30. The van der Waals surface area contributed by atoms with Crippen LogP contribution in [0.5, 0.6) is 0 Å². The molecule has 2 aliphatic rings. The van der Waals surface area contributed by atoms with Crippen molar-refractivity contribution in [2.45, 2.75) is 37.9 Å². The first-order valence-electron chi connectivity index (χ1n) is 7.59. The summed E-state index contributed by atoms with van der Waals surface area (Å²) in [5, 5.41) is 7.55. The summed E-state index contributed by atoms with van der Waals surface area (Å²) >= 11 is 2.06. The van der Waals surface area contributed by atoms with Crippen molar-refractivity contribution in [2.24, 2.45) is 4.99 Å². The number of guanidine groups is 1. The van der Waals surface area contributed by atoms with Crippen LogP contribution in [0.25, 0.3) is 0 Å². The van der Waals surface area contributed by atoms with Crippen LogP contribution in [-0.2, 0) is 24.5 Å². The van der Waals surface area contributed by atoms with Gasteiger partial charge in [0, 0.05) is 25.4 Å². The van der Waals surface area contributed by atoms with E-state index in [1.54, 1.807) is 0 Å². The van der Waals surface area contributed by atoms with E-state index < -0.39 is 0 Å². The summed E-state index contributed by atoms with van der Waals surface area (Å²) in [6, 6.07) is 6.57. The molecule has 3 rings (SSSR count). The van der Waals surface area contributed by atoms with Gasteiger partial charge in [-0.15, -0.1) is 0 Å². The zero-order valence-electron chi connectivity index (χ0n) is 12.5. The molecule has 0 radical (unpaired) electrons. The monoisotopic (exact) mass is 305 g/mol. The fourth-order valence-corrected chi connectivity index (χ4v) is 3.96. The van der Waals surface area contributed by atoms with Crippen molar-refractivity contribution < 1.29 is 4.74 Å². The van der Waals surface area contributed by atoms with Gasteiger partial charge in [0.25, 0.3) is 0 Å². The van der Waals surface area contributed by atoms with E-state index in [0.717, 1.165) is 37.5 Å². The van der Waals surface area contributed by atoms with Crippen molar-refractivity contribution >= 4 is 17.7 Å². The first kappa shape index (κ1) is 14.7. The number of aliphatic imine (C=N–C) groups is 1. The molecule has 1 unspecified atom stereocenters. The van der Waals surface area contributed by atoms with Gasteiger partial charge < -0.3 is 15.4 Å². The van der Waals surface area contributed by atoms with E-state index >= 15 is 0 Å². The van der Waals surface area contributed by atoms with Gasteiger partial charge >= 0.3 is 0 Å². The standard InChI is InChI=1S/C16H23N3OS/c1-17-16(19-9-15-3-2-6-21-15)18-8-12-4-5-13-10-20-11-14(13)7-12/h4-5,7,15H,2-3,6,8-11H2,1H3,(H2,17,18,19). The van der Waals surface area contributed by atoms with Crippen molar-refractivity contribution in [2.75, 3.05) is 19.3 Å². The third-order valence-corrected chi connectivity index (χ3v) is 5.39. The van der Waals surface area contributed by atoms with E-state index in [4.69, 9.17) is 4.74 Å². The van der Waals surface area contributed by atoms with Gasteiger partial charge in [-0.3, -0.25) is 4.99 Å². The van der Waals surface area contributed by atoms with E-state index in [0.29, 0.717) is 0 Å². The lowest BCUT2D eigenvalue weighted by Crippen LogP contribution is -2.39. The normalized spacial score (nSPS) is 21.4. The number of nitrogens with zero attached hydrogens (tertiary/aromatic N) is 1. The van der Waals surface area contributed by atoms with Crippen molar-refractivity contribution in [1.82, 2.24) is 10.6 Å². The molecule has 0 amide bonds. The molecule has 0 spiro atoms. The Morgan fingerprint density at radius 3 is 3.05 bits per heavy atom. The van der Waals surface area contributed by atoms with Crippen LogP contribution in [-0.4, -0.2) is 30.6 Å². The van der Waals surface area contributed by atoms with Crippen LogP contribution in [0.1, 0.15) is 29.5 Å². The van der Waals surface area contributed by atoms with E-state index in [-0.39, 0.29) is 0 Å². The van der Waals surface area contributed by atoms with Gasteiger partial charge in [-0.25, -0.2) is 0 Å². The Bertz CT molecular complexity index is 512. The first-order valence-corrected chi connectivity index (χ1v) is 8.64. The molecule has 1 fully saturated rings. The quantitative estimate of drug-likeness (QED) is 0.662. The Labute approximate surface area is 130 Å². The van der Waals surface area contributed by atoms with Gasteiger partial charge in [0.15, 0.2) is 5.96 Å². The molecule has 0 aromatic heterocycles. The fourth-order valence-electron chi connectivity index (χ4n) is 2.76. The lowest BCUT2D eigenvalue weighted by atomic mass is 10.1. The third kappa shape index (κ3) is 3.92. The van der Waals surface area contributed by atoms with Crippen LogP contribution in [0.4, 0.5) is 0 Å². The van der Waals surface area contributed by atoms with Crippen LogP contribution in [0.3, 0.4) is 0 Å². The number of ether oxygens (including phenoxy) is 1. The molecule has 5 heteroatoms. The van der Waals surface area contributed by atoms with Crippen LogP contribution in [0.15, 0.2) is 23.2 Å². The van der Waals surface area contributed by atoms with Gasteiger partial charge in [0.2, 0.25) is 0 Å². The minimum Gasteiger partial charge on any atom is -0.372 e. The molecule has 0 aliphatic carbocycles. The van der Waals surface area contributed by atoms with Gasteiger partial charge in [-0.1, -0.05) is 18.2 Å². The van der Waals surface area contributed by atoms with Crippen molar-refractivity contribution in [3.05, 3.63) is 34.9 Å². The summed E-state index contributed by atoms with van der Waals surface area (Å²) in [5.74, 6) is 2.19. The minimum absolute atomic E-state index is 0.737. The highest BCUT2D eigenvalue weighted by atomic mass is 32.2. The number of thioether (sulfide) groups is 1. The van der Waals surface area contributed by atoms with Gasteiger partial charge in [-0.05, 0) is 35.3 Å². The lowest BCUT2D eigenvalue weighted by molar-refractivity contribution is 0.134. The van der Waals surface area contributed by atoms with Crippen molar-refractivity contribution in [3.8, 4) is 0 Å². The maximum atomic E-state index is 5.45. The number of hydrogen-bond acceptors (Lipinski definition) is 3. The molecule has 1 saturated heterocycles. The second-order valence-electron chi connectivity index (χ2n) is 5.54. The van der Waals surface area contributed by atoms with Crippen molar-refractivity contribution in [1.29, 1.82) is 0 Å². The predicted octanol–water partition coefficient (Wildman–Crippen LogP) is 2.28. The average Bonchev–Trinajstić information content (AvgIpc) is 3.18. The third-order valence-electron chi connectivity index (χ3n) is 3.99. The smallest absolute Gasteiger partial charge is 0.191 e. The van der Waals surface area contributed by atoms with Crippen LogP contribution in [0, 0.1) is 0 Å².